The van der Waals surface area contributed by atoms with Crippen LogP contribution in [0.2, 0.25) is 0 Å². The number of halogens is 4. The summed E-state index contributed by atoms with van der Waals surface area (Å²) in [7, 11) is 0. The van der Waals surface area contributed by atoms with E-state index in [9.17, 15) is 27.2 Å². The second-order valence-electron chi connectivity index (χ2n) is 6.78. The van der Waals surface area contributed by atoms with E-state index < -0.39 is 29.0 Å². The fourth-order valence-corrected chi connectivity index (χ4v) is 2.79. The van der Waals surface area contributed by atoms with Crippen molar-refractivity contribution >= 4 is 11.9 Å². The van der Waals surface area contributed by atoms with E-state index in [4.69, 9.17) is 4.74 Å². The molecule has 1 aliphatic heterocycles. The maximum atomic E-state index is 13.2. The largest absolute Gasteiger partial charge is 0.465 e. The highest BCUT2D eigenvalue weighted by molar-refractivity contribution is 5.96. The van der Waals surface area contributed by atoms with E-state index in [1.807, 2.05) is 13.8 Å². The normalized spacial score (nSPS) is 16.0. The summed E-state index contributed by atoms with van der Waals surface area (Å²) in [4.78, 5) is 25.7. The lowest BCUT2D eigenvalue weighted by Crippen LogP contribution is -2.41. The Morgan fingerprint density at radius 2 is 1.85 bits per heavy atom. The first-order chi connectivity index (χ1) is 12.1. The van der Waals surface area contributed by atoms with Gasteiger partial charge in [-0.25, -0.2) is 4.39 Å². The monoisotopic (exact) mass is 375 g/mol. The van der Waals surface area contributed by atoms with Gasteiger partial charge < -0.3 is 9.64 Å². The number of piperidine rings is 1. The molecule has 0 aromatic heterocycles. The lowest BCUT2D eigenvalue weighted by Gasteiger charge is -2.31. The number of hydrogen-bond donors (Lipinski definition) is 0. The molecule has 1 aliphatic rings. The Hall–Kier alpha value is -2.12. The highest BCUT2D eigenvalue weighted by atomic mass is 19.4. The maximum absolute atomic E-state index is 13.2. The van der Waals surface area contributed by atoms with Gasteiger partial charge in [-0.3, -0.25) is 9.59 Å². The number of alkyl halides is 3. The van der Waals surface area contributed by atoms with Crippen LogP contribution in [-0.2, 0) is 15.7 Å². The Morgan fingerprint density at radius 3 is 2.38 bits per heavy atom. The van der Waals surface area contributed by atoms with Crippen LogP contribution in [0.3, 0.4) is 0 Å². The standard InChI is InChI=1S/C18H21F4NO3/c1-11(2)10-26-17(25)12-5-7-23(8-6-12)16(24)14-4-3-13(19)9-15(14)18(20,21)22/h3-4,9,11-12H,5-8,10H2,1-2H3. The molecular formula is C18H21F4NO3. The molecule has 1 fully saturated rings. The Labute approximate surface area is 149 Å². The van der Waals surface area contributed by atoms with E-state index in [0.717, 1.165) is 12.1 Å². The molecule has 1 saturated heterocycles. The molecule has 0 atom stereocenters. The van der Waals surface area contributed by atoms with Crippen molar-refractivity contribution in [1.29, 1.82) is 0 Å². The van der Waals surface area contributed by atoms with Gasteiger partial charge in [-0.2, -0.15) is 13.2 Å². The van der Waals surface area contributed by atoms with Crippen molar-refractivity contribution in [2.45, 2.75) is 32.9 Å². The molecule has 4 nitrogen and oxygen atoms in total. The van der Waals surface area contributed by atoms with Crippen molar-refractivity contribution in [3.8, 4) is 0 Å². The van der Waals surface area contributed by atoms with E-state index in [0.29, 0.717) is 25.5 Å². The summed E-state index contributed by atoms with van der Waals surface area (Å²) < 4.78 is 57.6. The Bertz CT molecular complexity index is 665. The zero-order valence-corrected chi connectivity index (χ0v) is 14.6. The number of amides is 1. The zero-order chi connectivity index (χ0) is 19.5. The minimum absolute atomic E-state index is 0.148. The third-order valence-corrected chi connectivity index (χ3v) is 4.19. The molecule has 0 radical (unpaired) electrons. The van der Waals surface area contributed by atoms with Crippen LogP contribution in [0.1, 0.15) is 42.6 Å². The molecule has 26 heavy (non-hydrogen) atoms. The van der Waals surface area contributed by atoms with Gasteiger partial charge in [0.05, 0.1) is 23.7 Å². The lowest BCUT2D eigenvalue weighted by molar-refractivity contribution is -0.151. The van der Waals surface area contributed by atoms with Crippen molar-refractivity contribution in [2.75, 3.05) is 19.7 Å². The van der Waals surface area contributed by atoms with Gasteiger partial charge in [0.1, 0.15) is 5.82 Å². The Kier molecular flexibility index (Phi) is 6.26. The number of esters is 1. The van der Waals surface area contributed by atoms with Gasteiger partial charge in [0.15, 0.2) is 0 Å². The summed E-state index contributed by atoms with van der Waals surface area (Å²) in [6, 6.07) is 2.01. The number of ether oxygens (including phenoxy) is 1. The first-order valence-electron chi connectivity index (χ1n) is 8.42. The molecule has 0 saturated carbocycles. The van der Waals surface area contributed by atoms with Gasteiger partial charge in [0, 0.05) is 13.1 Å². The SMILES string of the molecule is CC(C)COC(=O)C1CCN(C(=O)c2ccc(F)cc2C(F)(F)F)CC1. The van der Waals surface area contributed by atoms with Gasteiger partial charge in [-0.05, 0) is 37.0 Å². The minimum atomic E-state index is -4.83. The van der Waals surface area contributed by atoms with Crippen molar-refractivity contribution in [3.05, 3.63) is 35.1 Å². The molecule has 0 aliphatic carbocycles. The molecule has 144 valence electrons. The molecular weight excluding hydrogens is 354 g/mol. The highest BCUT2D eigenvalue weighted by Crippen LogP contribution is 2.33. The fourth-order valence-electron chi connectivity index (χ4n) is 2.79. The van der Waals surface area contributed by atoms with Crippen LogP contribution >= 0.6 is 0 Å². The van der Waals surface area contributed by atoms with Crippen LogP contribution in [0, 0.1) is 17.7 Å². The van der Waals surface area contributed by atoms with Crippen LogP contribution in [-0.4, -0.2) is 36.5 Å². The number of carbonyl (C=O) groups excluding carboxylic acids is 2. The summed E-state index contributed by atoms with van der Waals surface area (Å²) in [5.41, 5.74) is -1.87. The van der Waals surface area contributed by atoms with Crippen molar-refractivity contribution in [2.24, 2.45) is 11.8 Å². The van der Waals surface area contributed by atoms with E-state index in [1.54, 1.807) is 0 Å². The van der Waals surface area contributed by atoms with Crippen LogP contribution in [0.15, 0.2) is 18.2 Å². The van der Waals surface area contributed by atoms with Gasteiger partial charge in [0.25, 0.3) is 5.91 Å². The molecule has 1 heterocycles. The molecule has 0 N–H and O–H groups in total. The summed E-state index contributed by atoms with van der Waals surface area (Å²) in [6.07, 6.45) is -4.18. The molecule has 1 amide bonds. The zero-order valence-electron chi connectivity index (χ0n) is 14.6. The third-order valence-electron chi connectivity index (χ3n) is 4.19. The van der Waals surface area contributed by atoms with Crippen LogP contribution in [0.25, 0.3) is 0 Å². The average molecular weight is 375 g/mol. The second-order valence-corrected chi connectivity index (χ2v) is 6.78. The number of likely N-dealkylation sites (tertiary alicyclic amines) is 1. The summed E-state index contributed by atoms with van der Waals surface area (Å²) in [6.45, 7) is 4.43. The fraction of sp³-hybridized carbons (Fsp3) is 0.556. The first kappa shape index (κ1) is 20.2. The number of rotatable bonds is 4. The predicted molar refractivity (Wildman–Crippen MR) is 85.8 cm³/mol. The quantitative estimate of drug-likeness (QED) is 0.592. The predicted octanol–water partition coefficient (Wildman–Crippen LogP) is 3.90. The number of hydrogen-bond acceptors (Lipinski definition) is 3. The first-order valence-corrected chi connectivity index (χ1v) is 8.42. The molecule has 2 rings (SSSR count). The summed E-state index contributed by atoms with van der Waals surface area (Å²) >= 11 is 0. The van der Waals surface area contributed by atoms with Crippen LogP contribution in [0.5, 0.6) is 0 Å². The molecule has 0 spiro atoms. The molecule has 1 aromatic rings. The van der Waals surface area contributed by atoms with Crippen molar-refractivity contribution in [1.82, 2.24) is 4.90 Å². The summed E-state index contributed by atoms with van der Waals surface area (Å²) in [5.74, 6) is -2.37. The topological polar surface area (TPSA) is 46.6 Å². The smallest absolute Gasteiger partial charge is 0.417 e. The summed E-state index contributed by atoms with van der Waals surface area (Å²) in [5, 5.41) is 0. The van der Waals surface area contributed by atoms with Crippen LogP contribution in [0.4, 0.5) is 17.6 Å². The number of carbonyl (C=O) groups is 2. The van der Waals surface area contributed by atoms with E-state index in [2.05, 4.69) is 0 Å². The number of benzene rings is 1. The average Bonchev–Trinajstić information content (AvgIpc) is 2.58. The maximum Gasteiger partial charge on any atom is 0.417 e. The van der Waals surface area contributed by atoms with Gasteiger partial charge in [-0.1, -0.05) is 13.8 Å². The minimum Gasteiger partial charge on any atom is -0.465 e. The van der Waals surface area contributed by atoms with Crippen LogP contribution < -0.4 is 0 Å². The molecule has 1 aromatic carbocycles. The van der Waals surface area contributed by atoms with Gasteiger partial charge >= 0.3 is 12.1 Å². The third kappa shape index (κ3) is 4.95. The van der Waals surface area contributed by atoms with Gasteiger partial charge in [0.2, 0.25) is 0 Å². The van der Waals surface area contributed by atoms with E-state index in [-0.39, 0.29) is 30.9 Å². The molecule has 8 heteroatoms. The number of nitrogens with zero attached hydrogens (tertiary/aromatic N) is 1. The Morgan fingerprint density at radius 1 is 1.23 bits per heavy atom. The lowest BCUT2D eigenvalue weighted by atomic mass is 9.95. The van der Waals surface area contributed by atoms with Gasteiger partial charge in [-0.15, -0.1) is 0 Å². The van der Waals surface area contributed by atoms with Crippen molar-refractivity contribution in [3.63, 3.8) is 0 Å². The Balaban J connectivity index is 2.04. The molecule has 0 bridgehead atoms. The molecule has 0 unspecified atom stereocenters. The second kappa shape index (κ2) is 8.05. The van der Waals surface area contributed by atoms with Crippen molar-refractivity contribution < 1.29 is 31.9 Å². The van der Waals surface area contributed by atoms with E-state index >= 15 is 0 Å². The van der Waals surface area contributed by atoms with E-state index in [1.165, 1.54) is 4.90 Å². The highest BCUT2D eigenvalue weighted by Gasteiger charge is 2.37.